The number of thiophene rings is 2. The van der Waals surface area contributed by atoms with Gasteiger partial charge >= 0.3 is 0 Å². The topological polar surface area (TPSA) is 66.8 Å². The fourth-order valence-corrected chi connectivity index (χ4v) is 5.09. The van der Waals surface area contributed by atoms with Crippen LogP contribution < -0.4 is 4.74 Å². The summed E-state index contributed by atoms with van der Waals surface area (Å²) in [4.78, 5) is 29.1. The van der Waals surface area contributed by atoms with Gasteiger partial charge in [0.1, 0.15) is 17.6 Å². The van der Waals surface area contributed by atoms with E-state index in [1.54, 1.807) is 12.1 Å². The maximum atomic E-state index is 13.0. The number of hydrogen-bond donors (Lipinski definition) is 1. The Morgan fingerprint density at radius 1 is 1.17 bits per heavy atom. The van der Waals surface area contributed by atoms with Gasteiger partial charge in [-0.15, -0.1) is 22.7 Å². The van der Waals surface area contributed by atoms with Crippen molar-refractivity contribution in [1.82, 2.24) is 4.90 Å². The van der Waals surface area contributed by atoms with E-state index in [0.29, 0.717) is 10.8 Å². The third kappa shape index (κ3) is 3.57. The normalized spacial score (nSPS) is 18.4. The molecule has 1 unspecified atom stereocenters. The lowest BCUT2D eigenvalue weighted by molar-refractivity contribution is -0.140. The predicted octanol–water partition coefficient (Wildman–Crippen LogP) is 5.09. The highest BCUT2D eigenvalue weighted by molar-refractivity contribution is 7.10. The van der Waals surface area contributed by atoms with Gasteiger partial charge in [0.25, 0.3) is 11.7 Å². The number of Topliss-reactive ketones (excluding diaryl/α,β-unsaturated/α-hetero) is 1. The average molecular weight is 446 g/mol. The van der Waals surface area contributed by atoms with Crippen LogP contribution in [0, 0.1) is 0 Å². The molecule has 1 aliphatic rings. The predicted molar refractivity (Wildman–Crippen MR) is 114 cm³/mol. The molecular formula is C21H16ClNO4S2. The number of amides is 1. The summed E-state index contributed by atoms with van der Waals surface area (Å²) in [6, 6.07) is 11.6. The molecule has 4 rings (SSSR count). The van der Waals surface area contributed by atoms with Gasteiger partial charge in [-0.1, -0.05) is 23.7 Å². The van der Waals surface area contributed by atoms with Crippen molar-refractivity contribution in [2.75, 3.05) is 7.11 Å². The minimum Gasteiger partial charge on any atom is -0.507 e. The Morgan fingerprint density at radius 2 is 1.93 bits per heavy atom. The third-order valence-corrected chi connectivity index (χ3v) is 6.70. The maximum Gasteiger partial charge on any atom is 0.296 e. The SMILES string of the molecule is COc1ccc(Cl)cc1/C(O)=C1/C(=O)C(=O)N(Cc2cccs2)C1c1cccs1. The lowest BCUT2D eigenvalue weighted by Crippen LogP contribution is -2.28. The number of ketones is 1. The summed E-state index contributed by atoms with van der Waals surface area (Å²) in [7, 11) is 1.46. The maximum absolute atomic E-state index is 13.0. The van der Waals surface area contributed by atoms with E-state index in [-0.39, 0.29) is 23.4 Å². The number of benzene rings is 1. The average Bonchev–Trinajstić information content (AvgIpc) is 3.46. The van der Waals surface area contributed by atoms with E-state index in [1.165, 1.54) is 40.7 Å². The zero-order chi connectivity index (χ0) is 20.5. The molecule has 1 atom stereocenters. The minimum absolute atomic E-state index is 0.0366. The van der Waals surface area contributed by atoms with Gasteiger partial charge in [-0.25, -0.2) is 0 Å². The van der Waals surface area contributed by atoms with Crippen molar-refractivity contribution < 1.29 is 19.4 Å². The van der Waals surface area contributed by atoms with Crippen LogP contribution in [0.2, 0.25) is 5.02 Å². The molecule has 148 valence electrons. The Balaban J connectivity index is 1.89. The van der Waals surface area contributed by atoms with Crippen LogP contribution in [0.4, 0.5) is 0 Å². The van der Waals surface area contributed by atoms with E-state index >= 15 is 0 Å². The van der Waals surface area contributed by atoms with Crippen LogP contribution in [-0.2, 0) is 16.1 Å². The summed E-state index contributed by atoms with van der Waals surface area (Å²) >= 11 is 9.03. The molecule has 3 aromatic rings. The van der Waals surface area contributed by atoms with Crippen molar-refractivity contribution in [2.24, 2.45) is 0 Å². The summed E-state index contributed by atoms with van der Waals surface area (Å²) in [6.07, 6.45) is 0. The molecule has 0 spiro atoms. The molecule has 1 fully saturated rings. The number of carbonyl (C=O) groups excluding carboxylic acids is 2. The monoisotopic (exact) mass is 445 g/mol. The van der Waals surface area contributed by atoms with E-state index in [1.807, 2.05) is 35.0 Å². The van der Waals surface area contributed by atoms with Gasteiger partial charge < -0.3 is 14.7 Å². The second kappa shape index (κ2) is 8.02. The van der Waals surface area contributed by atoms with Crippen LogP contribution in [0.25, 0.3) is 5.76 Å². The Hall–Kier alpha value is -2.61. The van der Waals surface area contributed by atoms with Gasteiger partial charge in [-0.05, 0) is 41.1 Å². The molecule has 1 aromatic carbocycles. The number of aliphatic hydroxyl groups excluding tert-OH is 1. The second-order valence-electron chi connectivity index (χ2n) is 6.37. The lowest BCUT2D eigenvalue weighted by atomic mass is 9.99. The smallest absolute Gasteiger partial charge is 0.296 e. The van der Waals surface area contributed by atoms with E-state index in [2.05, 4.69) is 0 Å². The Bertz CT molecular complexity index is 1090. The highest BCUT2D eigenvalue weighted by Gasteiger charge is 2.46. The van der Waals surface area contributed by atoms with Gasteiger partial charge in [0.15, 0.2) is 0 Å². The molecule has 0 bridgehead atoms. The quantitative estimate of drug-likeness (QED) is 0.337. The number of rotatable bonds is 5. The second-order valence-corrected chi connectivity index (χ2v) is 8.81. The van der Waals surface area contributed by atoms with Crippen LogP contribution in [0.1, 0.15) is 21.4 Å². The highest BCUT2D eigenvalue weighted by atomic mass is 35.5. The van der Waals surface area contributed by atoms with Crippen LogP contribution in [-0.4, -0.2) is 28.8 Å². The zero-order valence-electron chi connectivity index (χ0n) is 15.3. The lowest BCUT2D eigenvalue weighted by Gasteiger charge is -2.23. The van der Waals surface area contributed by atoms with Crippen molar-refractivity contribution in [1.29, 1.82) is 0 Å². The van der Waals surface area contributed by atoms with Gasteiger partial charge in [0.05, 0.1) is 24.8 Å². The van der Waals surface area contributed by atoms with Crippen molar-refractivity contribution in [3.63, 3.8) is 0 Å². The van der Waals surface area contributed by atoms with Crippen LogP contribution in [0.3, 0.4) is 0 Å². The number of methoxy groups -OCH3 is 1. The Morgan fingerprint density at radius 3 is 2.59 bits per heavy atom. The minimum atomic E-state index is -0.723. The van der Waals surface area contributed by atoms with Gasteiger partial charge in [0, 0.05) is 14.8 Å². The standard InChI is InChI=1S/C21H16ClNO4S2/c1-27-15-7-6-12(22)10-14(15)19(24)17-18(16-5-3-9-29-16)23(21(26)20(17)25)11-13-4-2-8-28-13/h2-10,18,24H,11H2,1H3/b19-17-. The zero-order valence-corrected chi connectivity index (χ0v) is 17.7. The first kappa shape index (κ1) is 19.7. The van der Waals surface area contributed by atoms with Gasteiger partial charge in [0.2, 0.25) is 0 Å². The first-order valence-corrected chi connectivity index (χ1v) is 10.8. The molecule has 8 heteroatoms. The highest BCUT2D eigenvalue weighted by Crippen LogP contribution is 2.43. The van der Waals surface area contributed by atoms with E-state index in [4.69, 9.17) is 16.3 Å². The van der Waals surface area contributed by atoms with E-state index < -0.39 is 17.7 Å². The molecule has 3 heterocycles. The molecule has 1 saturated heterocycles. The van der Waals surface area contributed by atoms with Crippen molar-refractivity contribution in [2.45, 2.75) is 12.6 Å². The molecule has 29 heavy (non-hydrogen) atoms. The molecule has 2 aromatic heterocycles. The molecule has 1 amide bonds. The molecule has 5 nitrogen and oxygen atoms in total. The third-order valence-electron chi connectivity index (χ3n) is 4.68. The molecule has 1 aliphatic heterocycles. The molecule has 0 aliphatic carbocycles. The summed E-state index contributed by atoms with van der Waals surface area (Å²) in [5.74, 6) is -1.30. The number of halogens is 1. The Labute approximate surface area is 180 Å². The largest absolute Gasteiger partial charge is 0.507 e. The van der Waals surface area contributed by atoms with Crippen molar-refractivity contribution in [3.8, 4) is 5.75 Å². The van der Waals surface area contributed by atoms with E-state index in [0.717, 1.165) is 9.75 Å². The first-order chi connectivity index (χ1) is 14.0. The van der Waals surface area contributed by atoms with Crippen molar-refractivity contribution >= 4 is 51.7 Å². The van der Waals surface area contributed by atoms with Crippen molar-refractivity contribution in [3.05, 3.63) is 79.1 Å². The molecule has 0 radical (unpaired) electrons. The number of nitrogens with zero attached hydrogens (tertiary/aromatic N) is 1. The number of aliphatic hydroxyl groups is 1. The fraction of sp³-hybridized carbons (Fsp3) is 0.143. The number of ether oxygens (including phenoxy) is 1. The Kier molecular flexibility index (Phi) is 5.45. The summed E-state index contributed by atoms with van der Waals surface area (Å²) < 4.78 is 5.32. The first-order valence-electron chi connectivity index (χ1n) is 8.69. The summed E-state index contributed by atoms with van der Waals surface area (Å²) in [5.41, 5.74) is 0.310. The summed E-state index contributed by atoms with van der Waals surface area (Å²) in [6.45, 7) is 0.286. The fourth-order valence-electron chi connectivity index (χ4n) is 3.37. The number of carbonyl (C=O) groups is 2. The van der Waals surface area contributed by atoms with Crippen LogP contribution in [0.5, 0.6) is 5.75 Å². The number of hydrogen-bond acceptors (Lipinski definition) is 6. The van der Waals surface area contributed by atoms with Gasteiger partial charge in [-0.2, -0.15) is 0 Å². The molecular weight excluding hydrogens is 430 g/mol. The van der Waals surface area contributed by atoms with Crippen LogP contribution in [0.15, 0.2) is 58.8 Å². The van der Waals surface area contributed by atoms with E-state index in [9.17, 15) is 14.7 Å². The van der Waals surface area contributed by atoms with Gasteiger partial charge in [-0.3, -0.25) is 9.59 Å². The van der Waals surface area contributed by atoms with Crippen LogP contribution >= 0.6 is 34.3 Å². The number of likely N-dealkylation sites (tertiary alicyclic amines) is 1. The summed E-state index contributed by atoms with van der Waals surface area (Å²) in [5, 5.41) is 15.3. The molecule has 0 saturated carbocycles. The molecule has 1 N–H and O–H groups in total.